The van der Waals surface area contributed by atoms with Gasteiger partial charge in [0.2, 0.25) is 0 Å². The van der Waals surface area contributed by atoms with Gasteiger partial charge in [-0.05, 0) is 13.5 Å². The van der Waals surface area contributed by atoms with Crippen LogP contribution in [0, 0.1) is 0 Å². The molecule has 1 N–H and O–H groups in total. The standard InChI is InChI=1S/C5H10ClNO/c1-3-8-5(2)7-4-6/h7H,2-4H2,1H3. The summed E-state index contributed by atoms with van der Waals surface area (Å²) in [6.45, 7) is 6.03. The molecule has 0 fully saturated rings. The van der Waals surface area contributed by atoms with Crippen LogP contribution in [0.4, 0.5) is 0 Å². The highest BCUT2D eigenvalue weighted by atomic mass is 35.5. The molecule has 8 heavy (non-hydrogen) atoms. The molecule has 48 valence electrons. The Morgan fingerprint density at radius 1 is 1.88 bits per heavy atom. The zero-order chi connectivity index (χ0) is 6.41. The predicted octanol–water partition coefficient (Wildman–Crippen LogP) is 1.28. The molecule has 0 rings (SSSR count). The lowest BCUT2D eigenvalue weighted by Gasteiger charge is -2.04. The van der Waals surface area contributed by atoms with Gasteiger partial charge < -0.3 is 10.1 Å². The molecule has 0 unspecified atom stereocenters. The summed E-state index contributed by atoms with van der Waals surface area (Å²) in [5, 5.41) is 2.70. The minimum absolute atomic E-state index is 0.346. The summed E-state index contributed by atoms with van der Waals surface area (Å²) in [7, 11) is 0. The van der Waals surface area contributed by atoms with Crippen LogP contribution in [0.15, 0.2) is 12.5 Å². The van der Waals surface area contributed by atoms with Crippen molar-refractivity contribution >= 4 is 11.6 Å². The van der Waals surface area contributed by atoms with Crippen LogP contribution in [-0.4, -0.2) is 12.6 Å². The predicted molar refractivity (Wildman–Crippen MR) is 34.6 cm³/mol. The summed E-state index contributed by atoms with van der Waals surface area (Å²) in [5.41, 5.74) is 0. The van der Waals surface area contributed by atoms with Gasteiger partial charge in [0.05, 0.1) is 12.6 Å². The molecule has 2 nitrogen and oxygen atoms in total. The highest BCUT2D eigenvalue weighted by Crippen LogP contribution is 1.85. The third-order valence-electron chi connectivity index (χ3n) is 0.583. The smallest absolute Gasteiger partial charge is 0.180 e. The van der Waals surface area contributed by atoms with Crippen molar-refractivity contribution in [2.24, 2.45) is 0 Å². The maximum absolute atomic E-state index is 5.28. The lowest BCUT2D eigenvalue weighted by molar-refractivity contribution is 0.211. The lowest BCUT2D eigenvalue weighted by Crippen LogP contribution is -2.11. The van der Waals surface area contributed by atoms with E-state index in [-0.39, 0.29) is 0 Å². The van der Waals surface area contributed by atoms with Crippen LogP contribution in [0.1, 0.15) is 6.92 Å². The van der Waals surface area contributed by atoms with E-state index in [1.54, 1.807) is 0 Å². The molecule has 3 heteroatoms. The Morgan fingerprint density at radius 2 is 2.50 bits per heavy atom. The fraction of sp³-hybridized carbons (Fsp3) is 0.600. The van der Waals surface area contributed by atoms with E-state index < -0.39 is 0 Å². The van der Waals surface area contributed by atoms with Crippen molar-refractivity contribution in [3.05, 3.63) is 12.5 Å². The Bertz CT molecular complexity index is 66.8. The molecule has 0 saturated heterocycles. The third kappa shape index (κ3) is 3.81. The maximum Gasteiger partial charge on any atom is 0.180 e. The second-order valence-electron chi connectivity index (χ2n) is 1.17. The molecular formula is C5H10ClNO. The van der Waals surface area contributed by atoms with Crippen LogP contribution in [0.5, 0.6) is 0 Å². The summed E-state index contributed by atoms with van der Waals surface area (Å²) < 4.78 is 4.89. The molecular weight excluding hydrogens is 126 g/mol. The van der Waals surface area contributed by atoms with Crippen LogP contribution in [0.25, 0.3) is 0 Å². The molecule has 0 aliphatic rings. The van der Waals surface area contributed by atoms with Crippen LogP contribution in [0.3, 0.4) is 0 Å². The molecule has 0 aliphatic heterocycles. The van der Waals surface area contributed by atoms with Crippen molar-refractivity contribution in [3.8, 4) is 0 Å². The van der Waals surface area contributed by atoms with E-state index in [0.717, 1.165) is 0 Å². The average Bonchev–Trinajstić information content (AvgIpc) is 1.68. The van der Waals surface area contributed by atoms with Crippen molar-refractivity contribution < 1.29 is 4.74 Å². The first-order valence-electron chi connectivity index (χ1n) is 2.42. The Balaban J connectivity index is 3.06. The minimum atomic E-state index is 0.346. The van der Waals surface area contributed by atoms with Gasteiger partial charge in [0, 0.05) is 0 Å². The Morgan fingerprint density at radius 3 is 2.88 bits per heavy atom. The van der Waals surface area contributed by atoms with E-state index in [1.807, 2.05) is 6.92 Å². The van der Waals surface area contributed by atoms with E-state index in [9.17, 15) is 0 Å². The molecule has 0 aliphatic carbocycles. The van der Waals surface area contributed by atoms with E-state index in [2.05, 4.69) is 11.9 Å². The fourth-order valence-electron chi connectivity index (χ4n) is 0.300. The second kappa shape index (κ2) is 4.78. The number of rotatable bonds is 4. The van der Waals surface area contributed by atoms with Gasteiger partial charge in [-0.25, -0.2) is 0 Å². The first-order valence-corrected chi connectivity index (χ1v) is 2.96. The van der Waals surface area contributed by atoms with E-state index in [1.165, 1.54) is 0 Å². The van der Waals surface area contributed by atoms with Crippen LogP contribution < -0.4 is 5.32 Å². The van der Waals surface area contributed by atoms with Gasteiger partial charge in [0.1, 0.15) is 0 Å². The number of nitrogens with one attached hydrogen (secondary N) is 1. The van der Waals surface area contributed by atoms with Crippen molar-refractivity contribution in [3.63, 3.8) is 0 Å². The lowest BCUT2D eigenvalue weighted by atomic mass is 10.8. The normalized spacial score (nSPS) is 8.25. The SMILES string of the molecule is C=C(NCCl)OCC. The Kier molecular flexibility index (Phi) is 4.56. The quantitative estimate of drug-likeness (QED) is 0.356. The summed E-state index contributed by atoms with van der Waals surface area (Å²) >= 11 is 5.28. The summed E-state index contributed by atoms with van der Waals surface area (Å²) in [6.07, 6.45) is 0. The van der Waals surface area contributed by atoms with Crippen LogP contribution in [0.2, 0.25) is 0 Å². The van der Waals surface area contributed by atoms with Crippen molar-refractivity contribution in [1.29, 1.82) is 0 Å². The van der Waals surface area contributed by atoms with Crippen molar-refractivity contribution in [1.82, 2.24) is 5.32 Å². The van der Waals surface area contributed by atoms with Crippen LogP contribution >= 0.6 is 11.6 Å². The van der Waals surface area contributed by atoms with Gasteiger partial charge >= 0.3 is 0 Å². The third-order valence-corrected chi connectivity index (χ3v) is 0.716. The number of hydrogen-bond donors (Lipinski definition) is 1. The molecule has 0 saturated carbocycles. The molecule has 0 bridgehead atoms. The van der Waals surface area contributed by atoms with Gasteiger partial charge in [0.15, 0.2) is 5.88 Å². The van der Waals surface area contributed by atoms with Gasteiger partial charge in [-0.1, -0.05) is 0 Å². The maximum atomic E-state index is 5.28. The largest absolute Gasteiger partial charge is 0.480 e. The molecule has 0 heterocycles. The summed E-state index contributed by atoms with van der Waals surface area (Å²) in [5.74, 6) is 0.530. The van der Waals surface area contributed by atoms with Crippen LogP contribution in [-0.2, 0) is 4.74 Å². The van der Waals surface area contributed by atoms with E-state index in [4.69, 9.17) is 16.3 Å². The Hall–Kier alpha value is -0.370. The highest BCUT2D eigenvalue weighted by molar-refractivity contribution is 6.17. The topological polar surface area (TPSA) is 21.3 Å². The number of halogens is 1. The second-order valence-corrected chi connectivity index (χ2v) is 1.43. The molecule has 0 atom stereocenters. The van der Waals surface area contributed by atoms with Crippen molar-refractivity contribution in [2.75, 3.05) is 12.6 Å². The zero-order valence-electron chi connectivity index (χ0n) is 4.91. The number of hydrogen-bond acceptors (Lipinski definition) is 2. The molecule has 0 aromatic carbocycles. The Labute approximate surface area is 54.5 Å². The van der Waals surface area contributed by atoms with Gasteiger partial charge in [-0.2, -0.15) is 0 Å². The minimum Gasteiger partial charge on any atom is -0.480 e. The van der Waals surface area contributed by atoms with E-state index in [0.29, 0.717) is 18.5 Å². The zero-order valence-corrected chi connectivity index (χ0v) is 5.66. The van der Waals surface area contributed by atoms with Gasteiger partial charge in [-0.15, -0.1) is 11.6 Å². The first kappa shape index (κ1) is 7.63. The molecule has 0 radical (unpaired) electrons. The molecule has 0 amide bonds. The summed E-state index contributed by atoms with van der Waals surface area (Å²) in [4.78, 5) is 0. The number of ether oxygens (including phenoxy) is 1. The number of alkyl halides is 1. The summed E-state index contributed by atoms with van der Waals surface area (Å²) in [6, 6.07) is 0.346. The van der Waals surface area contributed by atoms with E-state index >= 15 is 0 Å². The van der Waals surface area contributed by atoms with Crippen molar-refractivity contribution in [2.45, 2.75) is 6.92 Å². The fourth-order valence-corrected chi connectivity index (χ4v) is 0.449. The molecule has 0 aromatic rings. The highest BCUT2D eigenvalue weighted by Gasteiger charge is 1.84. The van der Waals surface area contributed by atoms with Gasteiger partial charge in [-0.3, -0.25) is 0 Å². The average molecular weight is 136 g/mol. The first-order chi connectivity index (χ1) is 3.81. The monoisotopic (exact) mass is 135 g/mol. The molecule has 0 aromatic heterocycles. The van der Waals surface area contributed by atoms with Gasteiger partial charge in [0.25, 0.3) is 0 Å². The molecule has 0 spiro atoms.